The second-order valence-corrected chi connectivity index (χ2v) is 6.84. The number of aromatic nitrogens is 2. The summed E-state index contributed by atoms with van der Waals surface area (Å²) in [5.41, 5.74) is 0.273. The number of nitrogens with zero attached hydrogens (tertiary/aromatic N) is 2. The van der Waals surface area contributed by atoms with Crippen LogP contribution in [0.25, 0.3) is 0 Å². The lowest BCUT2D eigenvalue weighted by Crippen LogP contribution is -2.11. The van der Waals surface area contributed by atoms with Crippen LogP contribution >= 0.6 is 11.3 Å². The highest BCUT2D eigenvalue weighted by molar-refractivity contribution is 7.15. The Balaban J connectivity index is 0.000000705. The first-order chi connectivity index (χ1) is 12.1. The fourth-order valence-electron chi connectivity index (χ4n) is 1.91. The van der Waals surface area contributed by atoms with Gasteiger partial charge in [-0.3, -0.25) is 10.1 Å². The predicted molar refractivity (Wildman–Crippen MR) is 103 cm³/mol. The van der Waals surface area contributed by atoms with Crippen LogP contribution in [0.3, 0.4) is 0 Å². The van der Waals surface area contributed by atoms with Gasteiger partial charge in [-0.05, 0) is 24.6 Å². The SMILES string of the molecule is CCCC.CCCCCCc1nnc(NC(=O)c2cccc(F)c2)s1. The molecule has 0 fully saturated rings. The van der Waals surface area contributed by atoms with Crippen molar-refractivity contribution in [2.75, 3.05) is 5.32 Å². The minimum absolute atomic E-state index is 0.273. The number of hydrogen-bond acceptors (Lipinski definition) is 4. The van der Waals surface area contributed by atoms with Gasteiger partial charge < -0.3 is 0 Å². The highest BCUT2D eigenvalue weighted by atomic mass is 32.1. The number of rotatable bonds is 8. The minimum atomic E-state index is -0.434. The first-order valence-corrected chi connectivity index (χ1v) is 9.81. The Morgan fingerprint density at radius 3 is 2.48 bits per heavy atom. The van der Waals surface area contributed by atoms with Gasteiger partial charge in [0.2, 0.25) is 5.13 Å². The van der Waals surface area contributed by atoms with E-state index in [1.54, 1.807) is 6.07 Å². The Hall–Kier alpha value is -1.82. The number of unbranched alkanes of at least 4 members (excludes halogenated alkanes) is 4. The van der Waals surface area contributed by atoms with Crippen molar-refractivity contribution in [2.24, 2.45) is 0 Å². The number of nitrogens with one attached hydrogen (secondary N) is 1. The number of carbonyl (C=O) groups is 1. The van der Waals surface area contributed by atoms with E-state index in [0.29, 0.717) is 5.13 Å². The van der Waals surface area contributed by atoms with E-state index in [1.807, 2.05) is 0 Å². The number of benzene rings is 1. The molecule has 138 valence electrons. The molecule has 0 aliphatic heterocycles. The Labute approximate surface area is 153 Å². The third kappa shape index (κ3) is 8.72. The molecule has 0 saturated carbocycles. The van der Waals surface area contributed by atoms with E-state index in [9.17, 15) is 9.18 Å². The molecule has 1 amide bonds. The summed E-state index contributed by atoms with van der Waals surface area (Å²) >= 11 is 1.37. The number of hydrogen-bond donors (Lipinski definition) is 1. The predicted octanol–water partition coefficient (Wildman–Crippen LogP) is 5.86. The van der Waals surface area contributed by atoms with Gasteiger partial charge >= 0.3 is 0 Å². The first-order valence-electron chi connectivity index (χ1n) is 8.99. The van der Waals surface area contributed by atoms with E-state index < -0.39 is 5.82 Å². The van der Waals surface area contributed by atoms with Gasteiger partial charge in [-0.1, -0.05) is 70.3 Å². The fourth-order valence-corrected chi connectivity index (χ4v) is 2.68. The van der Waals surface area contributed by atoms with Gasteiger partial charge in [0, 0.05) is 12.0 Å². The monoisotopic (exact) mass is 365 g/mol. The van der Waals surface area contributed by atoms with Gasteiger partial charge in [-0.15, -0.1) is 10.2 Å². The first kappa shape index (κ1) is 21.2. The van der Waals surface area contributed by atoms with Gasteiger partial charge in [-0.25, -0.2) is 4.39 Å². The van der Waals surface area contributed by atoms with Crippen LogP contribution in [0, 0.1) is 5.82 Å². The molecule has 2 aromatic rings. The zero-order chi connectivity index (χ0) is 18.5. The van der Waals surface area contributed by atoms with Crippen molar-refractivity contribution in [3.05, 3.63) is 40.7 Å². The van der Waals surface area contributed by atoms with Crippen LogP contribution < -0.4 is 5.32 Å². The molecule has 1 N–H and O–H groups in total. The maximum absolute atomic E-state index is 13.1. The van der Waals surface area contributed by atoms with Gasteiger partial charge in [0.15, 0.2) is 0 Å². The van der Waals surface area contributed by atoms with E-state index in [0.717, 1.165) is 17.8 Å². The lowest BCUT2D eigenvalue weighted by molar-refractivity contribution is 0.102. The van der Waals surface area contributed by atoms with Crippen LogP contribution in [0.15, 0.2) is 24.3 Å². The number of halogens is 1. The summed E-state index contributed by atoms with van der Waals surface area (Å²) in [4.78, 5) is 11.9. The zero-order valence-corrected chi connectivity index (χ0v) is 16.2. The van der Waals surface area contributed by atoms with E-state index in [1.165, 1.54) is 61.6 Å². The Kier molecular flexibility index (Phi) is 10.6. The molecule has 1 aromatic heterocycles. The van der Waals surface area contributed by atoms with E-state index in [-0.39, 0.29) is 11.5 Å². The maximum atomic E-state index is 13.1. The number of amides is 1. The fraction of sp³-hybridized carbons (Fsp3) is 0.526. The molecule has 0 radical (unpaired) electrons. The molecule has 6 heteroatoms. The highest BCUT2D eigenvalue weighted by Gasteiger charge is 2.10. The zero-order valence-electron chi connectivity index (χ0n) is 15.3. The van der Waals surface area contributed by atoms with Crippen molar-refractivity contribution in [3.8, 4) is 0 Å². The van der Waals surface area contributed by atoms with Crippen molar-refractivity contribution in [1.29, 1.82) is 0 Å². The van der Waals surface area contributed by atoms with Crippen molar-refractivity contribution in [1.82, 2.24) is 10.2 Å². The molecule has 0 spiro atoms. The van der Waals surface area contributed by atoms with E-state index in [4.69, 9.17) is 0 Å². The van der Waals surface area contributed by atoms with Crippen molar-refractivity contribution in [2.45, 2.75) is 65.7 Å². The van der Waals surface area contributed by atoms with Crippen LogP contribution in [0.1, 0.15) is 74.7 Å². The van der Waals surface area contributed by atoms with Gasteiger partial charge in [0.05, 0.1) is 0 Å². The average molecular weight is 366 g/mol. The van der Waals surface area contributed by atoms with Gasteiger partial charge in [-0.2, -0.15) is 0 Å². The highest BCUT2D eigenvalue weighted by Crippen LogP contribution is 2.18. The van der Waals surface area contributed by atoms with Crippen LogP contribution in [-0.4, -0.2) is 16.1 Å². The minimum Gasteiger partial charge on any atom is -0.296 e. The summed E-state index contributed by atoms with van der Waals surface area (Å²) in [6.07, 6.45) is 8.21. The normalized spacial score (nSPS) is 10.1. The quantitative estimate of drug-likeness (QED) is 0.596. The Morgan fingerprint density at radius 2 is 1.84 bits per heavy atom. The molecule has 1 heterocycles. The molecule has 25 heavy (non-hydrogen) atoms. The smallest absolute Gasteiger partial charge is 0.257 e. The molecule has 0 bridgehead atoms. The lowest BCUT2D eigenvalue weighted by Gasteiger charge is -2.00. The van der Waals surface area contributed by atoms with Gasteiger partial charge in [0.1, 0.15) is 10.8 Å². The van der Waals surface area contributed by atoms with Crippen LogP contribution in [0.4, 0.5) is 9.52 Å². The molecule has 0 atom stereocenters. The summed E-state index contributed by atoms with van der Waals surface area (Å²) in [6.45, 7) is 6.53. The second-order valence-electron chi connectivity index (χ2n) is 5.78. The van der Waals surface area contributed by atoms with Crippen LogP contribution in [0.5, 0.6) is 0 Å². The van der Waals surface area contributed by atoms with Gasteiger partial charge in [0.25, 0.3) is 5.91 Å². The Morgan fingerprint density at radius 1 is 1.08 bits per heavy atom. The molecule has 4 nitrogen and oxygen atoms in total. The molecule has 1 aromatic carbocycles. The lowest BCUT2D eigenvalue weighted by atomic mass is 10.2. The van der Waals surface area contributed by atoms with Crippen molar-refractivity contribution < 1.29 is 9.18 Å². The average Bonchev–Trinajstić information content (AvgIpc) is 3.06. The molecule has 0 aliphatic rings. The maximum Gasteiger partial charge on any atom is 0.257 e. The summed E-state index contributed by atoms with van der Waals surface area (Å²) in [5.74, 6) is -0.806. The molecule has 0 unspecified atom stereocenters. The summed E-state index contributed by atoms with van der Waals surface area (Å²) in [7, 11) is 0. The number of anilines is 1. The van der Waals surface area contributed by atoms with E-state index in [2.05, 4.69) is 36.3 Å². The van der Waals surface area contributed by atoms with E-state index >= 15 is 0 Å². The topological polar surface area (TPSA) is 54.9 Å². The third-order valence-corrected chi connectivity index (χ3v) is 4.42. The van der Waals surface area contributed by atoms with Crippen LogP contribution in [0.2, 0.25) is 0 Å². The summed E-state index contributed by atoms with van der Waals surface area (Å²) in [5, 5.41) is 12.0. The summed E-state index contributed by atoms with van der Waals surface area (Å²) < 4.78 is 13.1. The molecular weight excluding hydrogens is 337 g/mol. The Bertz CT molecular complexity index is 629. The largest absolute Gasteiger partial charge is 0.296 e. The standard InChI is InChI=1S/C15H18FN3OS.C4H10/c1-2-3-4-5-9-13-18-19-15(21-13)17-14(20)11-7-6-8-12(16)10-11;1-3-4-2/h6-8,10H,2-5,9H2,1H3,(H,17,19,20);3-4H2,1-2H3. The third-order valence-electron chi connectivity index (χ3n) is 3.52. The molecular formula is C19H28FN3OS. The number of carbonyl (C=O) groups excluding carboxylic acids is 1. The molecule has 0 saturated heterocycles. The second kappa shape index (κ2) is 12.5. The molecule has 2 rings (SSSR count). The van der Waals surface area contributed by atoms with Crippen LogP contribution in [-0.2, 0) is 6.42 Å². The molecule has 0 aliphatic carbocycles. The summed E-state index contributed by atoms with van der Waals surface area (Å²) in [6, 6.07) is 5.56. The van der Waals surface area contributed by atoms with Crippen molar-refractivity contribution in [3.63, 3.8) is 0 Å². The van der Waals surface area contributed by atoms with Crippen molar-refractivity contribution >= 4 is 22.4 Å². The number of aryl methyl sites for hydroxylation is 1.